The summed E-state index contributed by atoms with van der Waals surface area (Å²) < 4.78 is 12.2. The van der Waals surface area contributed by atoms with Gasteiger partial charge >= 0.3 is 0 Å². The first-order valence-corrected chi connectivity index (χ1v) is 3.01. The molecule has 0 saturated carbocycles. The van der Waals surface area contributed by atoms with Crippen molar-refractivity contribution in [1.82, 2.24) is 0 Å². The Morgan fingerprint density at radius 1 is 1.44 bits per heavy atom. The standard InChI is InChI=1S/C7H9FO/c8-7-3-1-6(5-9)2-4-7/h1,3,9H,2,4-5H2/p+1. The number of rotatable bonds is 1. The van der Waals surface area contributed by atoms with Crippen LogP contribution in [0.1, 0.15) is 12.8 Å². The maximum absolute atomic E-state index is 12.2. The first kappa shape index (κ1) is 6.49. The van der Waals surface area contributed by atoms with E-state index in [2.05, 4.69) is 0 Å². The number of hydrogen-bond acceptors (Lipinski definition) is 0. The van der Waals surface area contributed by atoms with Gasteiger partial charge in [0.05, 0.1) is 0 Å². The van der Waals surface area contributed by atoms with Gasteiger partial charge < -0.3 is 5.11 Å². The maximum Gasteiger partial charge on any atom is 0.166 e. The van der Waals surface area contributed by atoms with Crippen LogP contribution in [-0.4, -0.2) is 11.7 Å². The fourth-order valence-corrected chi connectivity index (χ4v) is 0.802. The van der Waals surface area contributed by atoms with Gasteiger partial charge in [0.2, 0.25) is 0 Å². The molecule has 0 fully saturated rings. The van der Waals surface area contributed by atoms with Crippen molar-refractivity contribution in [3.63, 3.8) is 0 Å². The lowest BCUT2D eigenvalue weighted by Crippen LogP contribution is -1.94. The Morgan fingerprint density at radius 2 is 2.22 bits per heavy atom. The average molecular weight is 129 g/mol. The molecule has 0 spiro atoms. The summed E-state index contributed by atoms with van der Waals surface area (Å²) in [7, 11) is 0. The second-order valence-electron chi connectivity index (χ2n) is 2.12. The van der Waals surface area contributed by atoms with Crippen molar-refractivity contribution in [2.75, 3.05) is 6.61 Å². The second kappa shape index (κ2) is 2.78. The smallest absolute Gasteiger partial charge is 0.166 e. The molecule has 2 N–H and O–H groups in total. The van der Waals surface area contributed by atoms with Gasteiger partial charge in [-0.25, -0.2) is 4.39 Å². The Kier molecular flexibility index (Phi) is 2.01. The molecule has 0 aromatic heterocycles. The Bertz CT molecular complexity index is 158. The second-order valence-corrected chi connectivity index (χ2v) is 2.12. The predicted octanol–water partition coefficient (Wildman–Crippen LogP) is 1.28. The van der Waals surface area contributed by atoms with Crippen molar-refractivity contribution in [3.05, 3.63) is 23.6 Å². The van der Waals surface area contributed by atoms with E-state index >= 15 is 0 Å². The summed E-state index contributed by atoms with van der Waals surface area (Å²) in [6.45, 7) is 0.309. The van der Waals surface area contributed by atoms with Crippen LogP contribution in [0.5, 0.6) is 0 Å². The number of allylic oxidation sites excluding steroid dienone is 3. The number of hydrogen-bond donors (Lipinski definition) is 0. The normalized spacial score (nSPS) is 18.9. The van der Waals surface area contributed by atoms with E-state index in [1.54, 1.807) is 6.08 Å². The maximum atomic E-state index is 12.2. The lowest BCUT2D eigenvalue weighted by atomic mass is 10.1. The fraction of sp³-hybridized carbons (Fsp3) is 0.429. The summed E-state index contributed by atoms with van der Waals surface area (Å²) in [5.74, 6) is -0.0628. The summed E-state index contributed by atoms with van der Waals surface area (Å²) in [5.41, 5.74) is 1.02. The molecule has 0 unspecified atom stereocenters. The zero-order chi connectivity index (χ0) is 6.69. The molecule has 0 amide bonds. The molecule has 0 aliphatic heterocycles. The third-order valence-corrected chi connectivity index (χ3v) is 1.41. The Hall–Kier alpha value is -0.630. The minimum Gasteiger partial charge on any atom is -0.442 e. The van der Waals surface area contributed by atoms with Crippen LogP contribution in [0.25, 0.3) is 0 Å². The SMILES string of the molecule is [OH2+]CC1=CC=C(F)CC1. The molecule has 0 radical (unpaired) electrons. The van der Waals surface area contributed by atoms with Crippen LogP contribution in [0.3, 0.4) is 0 Å². The van der Waals surface area contributed by atoms with Gasteiger partial charge in [-0.05, 0) is 12.5 Å². The van der Waals surface area contributed by atoms with Crippen molar-refractivity contribution in [2.45, 2.75) is 12.8 Å². The summed E-state index contributed by atoms with van der Waals surface area (Å²) >= 11 is 0. The van der Waals surface area contributed by atoms with Crippen molar-refractivity contribution >= 4 is 0 Å². The molecule has 0 aromatic rings. The summed E-state index contributed by atoms with van der Waals surface area (Å²) in [6, 6.07) is 0. The van der Waals surface area contributed by atoms with Gasteiger partial charge in [-0.2, -0.15) is 0 Å². The van der Waals surface area contributed by atoms with Crippen molar-refractivity contribution in [1.29, 1.82) is 0 Å². The lowest BCUT2D eigenvalue weighted by molar-refractivity contribution is 0.325. The minimum atomic E-state index is -0.0628. The third kappa shape index (κ3) is 1.64. The van der Waals surface area contributed by atoms with E-state index < -0.39 is 0 Å². The van der Waals surface area contributed by atoms with Gasteiger partial charge in [0.15, 0.2) is 6.61 Å². The number of halogens is 1. The molecule has 0 heterocycles. The van der Waals surface area contributed by atoms with Gasteiger partial charge in [-0.1, -0.05) is 6.08 Å². The summed E-state index contributed by atoms with van der Waals surface area (Å²) in [5, 5.41) is 6.94. The van der Waals surface area contributed by atoms with Crippen LogP contribution in [0, 0.1) is 0 Å². The van der Waals surface area contributed by atoms with Gasteiger partial charge in [-0.15, -0.1) is 0 Å². The van der Waals surface area contributed by atoms with Crippen LogP contribution in [0.15, 0.2) is 23.6 Å². The lowest BCUT2D eigenvalue weighted by Gasteiger charge is -2.03. The average Bonchev–Trinajstić information content (AvgIpc) is 1.90. The molecule has 0 aromatic carbocycles. The molecule has 1 nitrogen and oxygen atoms in total. The fourth-order valence-electron chi connectivity index (χ4n) is 0.802. The molecule has 1 aliphatic carbocycles. The Labute approximate surface area is 53.5 Å². The van der Waals surface area contributed by atoms with E-state index in [1.165, 1.54) is 6.08 Å². The molecule has 50 valence electrons. The van der Waals surface area contributed by atoms with Crippen LogP contribution in [0.4, 0.5) is 4.39 Å². The summed E-state index contributed by atoms with van der Waals surface area (Å²) in [4.78, 5) is 0. The van der Waals surface area contributed by atoms with Crippen molar-refractivity contribution < 1.29 is 9.50 Å². The van der Waals surface area contributed by atoms with Crippen LogP contribution in [0.2, 0.25) is 0 Å². The summed E-state index contributed by atoms with van der Waals surface area (Å²) in [6.07, 6.45) is 4.37. The highest BCUT2D eigenvalue weighted by atomic mass is 19.1. The molecule has 0 atom stereocenters. The van der Waals surface area contributed by atoms with E-state index in [0.717, 1.165) is 12.0 Å². The first-order chi connectivity index (χ1) is 4.33. The molecule has 2 heteroatoms. The van der Waals surface area contributed by atoms with E-state index in [-0.39, 0.29) is 5.83 Å². The Morgan fingerprint density at radius 3 is 2.67 bits per heavy atom. The molecular formula is C7H10FO+. The van der Waals surface area contributed by atoms with Gasteiger partial charge in [0.1, 0.15) is 5.83 Å². The first-order valence-electron chi connectivity index (χ1n) is 3.01. The highest BCUT2D eigenvalue weighted by Crippen LogP contribution is 2.17. The van der Waals surface area contributed by atoms with Crippen molar-refractivity contribution in [2.24, 2.45) is 0 Å². The highest BCUT2D eigenvalue weighted by Gasteiger charge is 2.04. The minimum absolute atomic E-state index is 0.0628. The predicted molar refractivity (Wildman–Crippen MR) is 35.0 cm³/mol. The third-order valence-electron chi connectivity index (χ3n) is 1.41. The molecule has 9 heavy (non-hydrogen) atoms. The van der Waals surface area contributed by atoms with Gasteiger partial charge in [0.25, 0.3) is 0 Å². The molecule has 0 bridgehead atoms. The molecule has 1 rings (SSSR count). The van der Waals surface area contributed by atoms with E-state index in [1.807, 2.05) is 0 Å². The Balaban J connectivity index is 2.59. The highest BCUT2D eigenvalue weighted by molar-refractivity contribution is 5.20. The van der Waals surface area contributed by atoms with Gasteiger partial charge in [0, 0.05) is 12.0 Å². The molecular weight excluding hydrogens is 119 g/mol. The van der Waals surface area contributed by atoms with E-state index in [4.69, 9.17) is 5.11 Å². The zero-order valence-corrected chi connectivity index (χ0v) is 5.15. The largest absolute Gasteiger partial charge is 0.442 e. The van der Waals surface area contributed by atoms with Gasteiger partial charge in [-0.3, -0.25) is 0 Å². The molecule has 1 aliphatic rings. The van der Waals surface area contributed by atoms with Crippen LogP contribution >= 0.6 is 0 Å². The molecule has 0 saturated heterocycles. The van der Waals surface area contributed by atoms with E-state index in [9.17, 15) is 4.39 Å². The van der Waals surface area contributed by atoms with E-state index in [0.29, 0.717) is 13.0 Å². The quantitative estimate of drug-likeness (QED) is 0.476. The van der Waals surface area contributed by atoms with Crippen LogP contribution in [-0.2, 0) is 0 Å². The van der Waals surface area contributed by atoms with Crippen LogP contribution < -0.4 is 0 Å². The monoisotopic (exact) mass is 129 g/mol. The topological polar surface area (TPSA) is 22.9 Å². The zero-order valence-electron chi connectivity index (χ0n) is 5.15. The van der Waals surface area contributed by atoms with Crippen molar-refractivity contribution in [3.8, 4) is 0 Å².